The average molecular weight is 487 g/mol. The van der Waals surface area contributed by atoms with Crippen molar-refractivity contribution in [2.45, 2.75) is 38.8 Å². The number of benzene rings is 2. The first kappa shape index (κ1) is 25.2. The van der Waals surface area contributed by atoms with Crippen LogP contribution in [0.25, 0.3) is 0 Å². The summed E-state index contributed by atoms with van der Waals surface area (Å²) in [5, 5.41) is 8.89. The summed E-state index contributed by atoms with van der Waals surface area (Å²) < 4.78 is 48.0. The Bertz CT molecular complexity index is 1280. The lowest BCUT2D eigenvalue weighted by atomic mass is 10.0. The van der Waals surface area contributed by atoms with Gasteiger partial charge in [0.25, 0.3) is 10.0 Å². The predicted octanol–water partition coefficient (Wildman–Crippen LogP) is 4.92. The van der Waals surface area contributed by atoms with Gasteiger partial charge in [0.05, 0.1) is 17.9 Å². The Kier molecular flexibility index (Phi) is 7.88. The van der Waals surface area contributed by atoms with E-state index >= 15 is 0 Å². The van der Waals surface area contributed by atoms with Crippen LogP contribution in [0.3, 0.4) is 0 Å². The van der Waals surface area contributed by atoms with Crippen LogP contribution in [-0.4, -0.2) is 31.2 Å². The van der Waals surface area contributed by atoms with Crippen molar-refractivity contribution in [3.63, 3.8) is 0 Å². The molecule has 7 nitrogen and oxygen atoms in total. The minimum absolute atomic E-state index is 0.111. The molecule has 0 aliphatic heterocycles. The van der Waals surface area contributed by atoms with Crippen molar-refractivity contribution in [3.8, 4) is 5.75 Å². The van der Waals surface area contributed by atoms with E-state index in [2.05, 4.69) is 9.71 Å². The number of aryl methyl sites for hydroxylation is 2. The van der Waals surface area contributed by atoms with Crippen LogP contribution in [0, 0.1) is 19.8 Å². The van der Waals surface area contributed by atoms with Gasteiger partial charge in [0.15, 0.2) is 5.03 Å². The highest BCUT2D eigenvalue weighted by Gasteiger charge is 2.23. The number of ether oxygens (including phenoxy) is 1. The van der Waals surface area contributed by atoms with Crippen molar-refractivity contribution in [2.75, 3.05) is 11.4 Å². The molecule has 0 fully saturated rings. The maximum Gasteiger partial charge on any atom is 0.335 e. The molecule has 3 aromatic rings. The molecule has 2 aromatic carbocycles. The lowest BCUT2D eigenvalue weighted by molar-refractivity contribution is 0.0697. The van der Waals surface area contributed by atoms with E-state index in [0.29, 0.717) is 11.3 Å². The van der Waals surface area contributed by atoms with Crippen molar-refractivity contribution in [2.24, 2.45) is 5.92 Å². The second-order valence-corrected chi connectivity index (χ2v) is 9.86. The van der Waals surface area contributed by atoms with E-state index in [4.69, 9.17) is 9.84 Å². The van der Waals surface area contributed by atoms with Crippen molar-refractivity contribution in [1.82, 2.24) is 4.98 Å². The molecular weight excluding hydrogens is 459 g/mol. The van der Waals surface area contributed by atoms with Gasteiger partial charge in [-0.1, -0.05) is 25.1 Å². The number of alkyl halides is 1. The van der Waals surface area contributed by atoms with Gasteiger partial charge >= 0.3 is 5.97 Å². The average Bonchev–Trinajstić information content (AvgIpc) is 2.80. The van der Waals surface area contributed by atoms with Crippen molar-refractivity contribution < 1.29 is 27.4 Å². The quantitative estimate of drug-likeness (QED) is 0.421. The number of carboxylic acids is 1. The molecule has 9 heteroatoms. The molecule has 0 amide bonds. The number of halogens is 1. The standard InChI is InChI=1S/C25H27FN2O5S/c1-16(14-26)11-21-5-4-10-27-24(21)34(31,32)28-22-12-17(2)18(3)13-23(22)33-15-19-6-8-20(9-7-19)25(29)30/h4-10,12-13,16,28H,11,14-15H2,1-3H3,(H,29,30)/t16-/m1/s1. The second kappa shape index (κ2) is 10.6. The third-order valence-electron chi connectivity index (χ3n) is 5.37. The van der Waals surface area contributed by atoms with Crippen LogP contribution in [0.4, 0.5) is 10.1 Å². The van der Waals surface area contributed by atoms with Gasteiger partial charge in [0, 0.05) is 6.20 Å². The Morgan fingerprint density at radius 3 is 2.47 bits per heavy atom. The topological polar surface area (TPSA) is 106 Å². The lowest BCUT2D eigenvalue weighted by Crippen LogP contribution is -2.18. The monoisotopic (exact) mass is 486 g/mol. The molecule has 180 valence electrons. The first-order valence-electron chi connectivity index (χ1n) is 10.7. The number of hydrogen-bond donors (Lipinski definition) is 2. The van der Waals surface area contributed by atoms with E-state index in [9.17, 15) is 17.6 Å². The van der Waals surface area contributed by atoms with Crippen LogP contribution < -0.4 is 9.46 Å². The Morgan fingerprint density at radius 2 is 1.82 bits per heavy atom. The molecule has 0 bridgehead atoms. The summed E-state index contributed by atoms with van der Waals surface area (Å²) in [6.45, 7) is 4.99. The third-order valence-corrected chi connectivity index (χ3v) is 6.74. The number of carboxylic acid groups (broad SMARTS) is 1. The molecule has 0 spiro atoms. The first-order valence-corrected chi connectivity index (χ1v) is 12.2. The van der Waals surface area contributed by atoms with Gasteiger partial charge in [0.1, 0.15) is 12.4 Å². The van der Waals surface area contributed by atoms with E-state index in [1.165, 1.54) is 18.3 Å². The first-order chi connectivity index (χ1) is 16.1. The number of aromatic carboxylic acids is 1. The van der Waals surface area contributed by atoms with Crippen LogP contribution >= 0.6 is 0 Å². The fourth-order valence-electron chi connectivity index (χ4n) is 3.34. The molecule has 2 N–H and O–H groups in total. The zero-order chi connectivity index (χ0) is 24.9. The highest BCUT2D eigenvalue weighted by molar-refractivity contribution is 7.92. The molecule has 0 saturated heterocycles. The zero-order valence-corrected chi connectivity index (χ0v) is 20.0. The zero-order valence-electron chi connectivity index (χ0n) is 19.2. The molecule has 0 saturated carbocycles. The van der Waals surface area contributed by atoms with E-state index in [-0.39, 0.29) is 35.2 Å². The summed E-state index contributed by atoms with van der Waals surface area (Å²) >= 11 is 0. The van der Waals surface area contributed by atoms with Gasteiger partial charge in [-0.2, -0.15) is 8.42 Å². The number of sulfonamides is 1. The second-order valence-electron chi connectivity index (χ2n) is 8.26. The molecule has 1 aromatic heterocycles. The Labute approximate surface area is 198 Å². The largest absolute Gasteiger partial charge is 0.487 e. The molecule has 1 atom stereocenters. The minimum atomic E-state index is -4.08. The van der Waals surface area contributed by atoms with Gasteiger partial charge < -0.3 is 9.84 Å². The Morgan fingerprint density at radius 1 is 1.15 bits per heavy atom. The molecular formula is C25H27FN2O5S. The lowest BCUT2D eigenvalue weighted by Gasteiger charge is -2.17. The van der Waals surface area contributed by atoms with Crippen LogP contribution in [0.1, 0.15) is 39.5 Å². The van der Waals surface area contributed by atoms with Gasteiger partial charge in [-0.3, -0.25) is 9.11 Å². The predicted molar refractivity (Wildman–Crippen MR) is 128 cm³/mol. The molecule has 1 heterocycles. The third kappa shape index (κ3) is 6.11. The van der Waals surface area contributed by atoms with Crippen LogP contribution in [0.2, 0.25) is 0 Å². The number of anilines is 1. The van der Waals surface area contributed by atoms with Crippen molar-refractivity contribution in [3.05, 3.63) is 82.5 Å². The summed E-state index contributed by atoms with van der Waals surface area (Å²) in [6.07, 6.45) is 1.62. The maximum absolute atomic E-state index is 13.2. The molecule has 0 aliphatic rings. The highest BCUT2D eigenvalue weighted by Crippen LogP contribution is 2.31. The van der Waals surface area contributed by atoms with Gasteiger partial charge in [-0.15, -0.1) is 0 Å². The summed E-state index contributed by atoms with van der Waals surface area (Å²) in [6, 6.07) is 12.9. The summed E-state index contributed by atoms with van der Waals surface area (Å²) in [5.41, 5.74) is 3.35. The summed E-state index contributed by atoms with van der Waals surface area (Å²) in [5.74, 6) is -1.04. The number of hydrogen-bond acceptors (Lipinski definition) is 5. The van der Waals surface area contributed by atoms with E-state index < -0.39 is 22.7 Å². The molecule has 34 heavy (non-hydrogen) atoms. The summed E-state index contributed by atoms with van der Waals surface area (Å²) in [4.78, 5) is 15.1. The minimum Gasteiger partial charge on any atom is -0.487 e. The van der Waals surface area contributed by atoms with Gasteiger partial charge in [0.2, 0.25) is 0 Å². The number of rotatable bonds is 10. The van der Waals surface area contributed by atoms with Crippen LogP contribution in [0.5, 0.6) is 5.75 Å². The van der Waals surface area contributed by atoms with E-state index in [1.54, 1.807) is 43.3 Å². The number of nitrogens with one attached hydrogen (secondary N) is 1. The SMILES string of the molecule is Cc1cc(NS(=O)(=O)c2ncccc2C[C@@H](C)CF)c(OCc2ccc(C(=O)O)cc2)cc1C. The normalized spacial score (nSPS) is 12.2. The summed E-state index contributed by atoms with van der Waals surface area (Å²) in [7, 11) is -4.08. The van der Waals surface area contributed by atoms with Crippen LogP contribution in [0.15, 0.2) is 59.8 Å². The Balaban J connectivity index is 1.88. The van der Waals surface area contributed by atoms with E-state index in [1.807, 2.05) is 13.8 Å². The number of pyridine rings is 1. The fourth-order valence-corrected chi connectivity index (χ4v) is 4.58. The van der Waals surface area contributed by atoms with Gasteiger partial charge in [-0.05, 0) is 78.8 Å². The smallest absolute Gasteiger partial charge is 0.335 e. The molecule has 0 aliphatic carbocycles. The number of aromatic nitrogens is 1. The molecule has 0 unspecified atom stereocenters. The molecule has 0 radical (unpaired) electrons. The fraction of sp³-hybridized carbons (Fsp3) is 0.280. The maximum atomic E-state index is 13.2. The number of nitrogens with zero attached hydrogens (tertiary/aromatic N) is 1. The van der Waals surface area contributed by atoms with Crippen LogP contribution in [-0.2, 0) is 23.1 Å². The number of carbonyl (C=O) groups is 1. The van der Waals surface area contributed by atoms with Crippen molar-refractivity contribution in [1.29, 1.82) is 0 Å². The highest BCUT2D eigenvalue weighted by atomic mass is 32.2. The van der Waals surface area contributed by atoms with Crippen molar-refractivity contribution >= 4 is 21.7 Å². The molecule has 3 rings (SSSR count). The van der Waals surface area contributed by atoms with E-state index in [0.717, 1.165) is 16.7 Å². The van der Waals surface area contributed by atoms with Gasteiger partial charge in [-0.25, -0.2) is 9.78 Å². The Hall–Kier alpha value is -3.46.